The summed E-state index contributed by atoms with van der Waals surface area (Å²) in [6.45, 7) is 0. The molecule has 30 heavy (non-hydrogen) atoms. The Balaban J connectivity index is 1.71. The molecule has 0 spiro atoms. The minimum absolute atomic E-state index is 0.0715. The number of benzene rings is 3. The Morgan fingerprint density at radius 1 is 0.733 bits per heavy atom. The summed E-state index contributed by atoms with van der Waals surface area (Å²) >= 11 is 0. The zero-order valence-corrected chi connectivity index (χ0v) is 16.9. The number of anilines is 2. The third-order valence-corrected chi connectivity index (χ3v) is 6.29. The van der Waals surface area contributed by atoms with Gasteiger partial charge in [0.1, 0.15) is 5.82 Å². The number of sulfonamides is 2. The summed E-state index contributed by atoms with van der Waals surface area (Å²) in [5, 5.41) is 7.59. The molecule has 3 aromatic carbocycles. The molecule has 8 nitrogen and oxygen atoms in total. The number of amides is 1. The average Bonchev–Trinajstić information content (AvgIpc) is 2.68. The quantitative estimate of drug-likeness (QED) is 0.531. The lowest BCUT2D eigenvalue weighted by atomic mass is 10.2. The molecule has 0 aliphatic carbocycles. The van der Waals surface area contributed by atoms with E-state index in [-0.39, 0.29) is 21.0 Å². The van der Waals surface area contributed by atoms with Crippen molar-refractivity contribution in [3.8, 4) is 0 Å². The van der Waals surface area contributed by atoms with Gasteiger partial charge >= 0.3 is 0 Å². The Morgan fingerprint density at radius 3 is 1.77 bits per heavy atom. The highest BCUT2D eigenvalue weighted by Crippen LogP contribution is 2.20. The smallest absolute Gasteiger partial charge is 0.261 e. The van der Waals surface area contributed by atoms with Crippen molar-refractivity contribution >= 4 is 37.3 Å². The van der Waals surface area contributed by atoms with Gasteiger partial charge in [0.15, 0.2) is 0 Å². The summed E-state index contributed by atoms with van der Waals surface area (Å²) in [5.74, 6) is -0.938. The third-order valence-electron chi connectivity index (χ3n) is 3.96. The van der Waals surface area contributed by atoms with Crippen molar-refractivity contribution in [2.24, 2.45) is 5.14 Å². The highest BCUT2D eigenvalue weighted by atomic mass is 32.2. The highest BCUT2D eigenvalue weighted by Gasteiger charge is 2.15. The maximum absolute atomic E-state index is 12.9. The van der Waals surface area contributed by atoms with E-state index in [1.54, 1.807) is 0 Å². The summed E-state index contributed by atoms with van der Waals surface area (Å²) in [7, 11) is -7.83. The van der Waals surface area contributed by atoms with Crippen LogP contribution >= 0.6 is 0 Å². The summed E-state index contributed by atoms with van der Waals surface area (Å²) in [5.41, 5.74) is 0.745. The highest BCUT2D eigenvalue weighted by molar-refractivity contribution is 7.92. The van der Waals surface area contributed by atoms with Crippen LogP contribution in [0.1, 0.15) is 10.4 Å². The number of halogens is 1. The summed E-state index contributed by atoms with van der Waals surface area (Å²) in [4.78, 5) is 11.9. The van der Waals surface area contributed by atoms with Gasteiger partial charge in [-0.1, -0.05) is 0 Å². The molecule has 0 unspecified atom stereocenters. The van der Waals surface area contributed by atoms with E-state index < -0.39 is 31.8 Å². The van der Waals surface area contributed by atoms with Crippen molar-refractivity contribution in [3.05, 3.63) is 84.2 Å². The van der Waals surface area contributed by atoms with Crippen molar-refractivity contribution < 1.29 is 26.0 Å². The van der Waals surface area contributed by atoms with Crippen LogP contribution in [-0.4, -0.2) is 22.7 Å². The molecule has 11 heteroatoms. The predicted octanol–water partition coefficient (Wildman–Crippen LogP) is 2.53. The second kappa shape index (κ2) is 8.22. The van der Waals surface area contributed by atoms with Crippen molar-refractivity contribution in [1.82, 2.24) is 0 Å². The van der Waals surface area contributed by atoms with E-state index in [4.69, 9.17) is 5.14 Å². The van der Waals surface area contributed by atoms with Gasteiger partial charge in [0.2, 0.25) is 10.0 Å². The average molecular weight is 449 g/mol. The van der Waals surface area contributed by atoms with Gasteiger partial charge in [-0.15, -0.1) is 0 Å². The standard InChI is InChI=1S/C19H16FN3O5S2/c20-14-3-1-13(2-4-14)19(24)22-15-5-11-18(12-6-15)30(27,28)23-16-7-9-17(10-8-16)29(21,25)26/h1-12,23H,(H,22,24)(H2,21,25,26). The van der Waals surface area contributed by atoms with Gasteiger partial charge in [-0.05, 0) is 72.8 Å². The molecule has 0 heterocycles. The molecule has 1 amide bonds. The molecule has 0 fully saturated rings. The van der Waals surface area contributed by atoms with E-state index in [0.717, 1.165) is 12.1 Å². The Hall–Kier alpha value is -3.28. The first-order chi connectivity index (χ1) is 14.0. The minimum Gasteiger partial charge on any atom is -0.322 e. The van der Waals surface area contributed by atoms with Crippen LogP contribution in [0.4, 0.5) is 15.8 Å². The molecule has 3 aromatic rings. The molecule has 0 atom stereocenters. The number of primary sulfonamides is 1. The van der Waals surface area contributed by atoms with E-state index >= 15 is 0 Å². The number of hydrogen-bond acceptors (Lipinski definition) is 5. The summed E-state index contributed by atoms with van der Waals surface area (Å²) < 4.78 is 62.8. The Morgan fingerprint density at radius 2 is 1.23 bits per heavy atom. The number of hydrogen-bond donors (Lipinski definition) is 3. The lowest BCUT2D eigenvalue weighted by Gasteiger charge is -2.10. The van der Waals surface area contributed by atoms with Crippen LogP contribution in [0.25, 0.3) is 0 Å². The van der Waals surface area contributed by atoms with Crippen LogP contribution in [0.2, 0.25) is 0 Å². The number of carbonyl (C=O) groups excluding carboxylic acids is 1. The van der Waals surface area contributed by atoms with Gasteiger partial charge in [0, 0.05) is 16.9 Å². The molecule has 0 aliphatic rings. The topological polar surface area (TPSA) is 135 Å². The molecule has 3 rings (SSSR count). The number of nitrogens with two attached hydrogens (primary N) is 1. The van der Waals surface area contributed by atoms with Crippen LogP contribution in [0.15, 0.2) is 82.6 Å². The van der Waals surface area contributed by atoms with Gasteiger partial charge in [0.25, 0.3) is 15.9 Å². The largest absolute Gasteiger partial charge is 0.322 e. The van der Waals surface area contributed by atoms with E-state index in [0.29, 0.717) is 5.69 Å². The van der Waals surface area contributed by atoms with Crippen LogP contribution in [0.3, 0.4) is 0 Å². The Bertz CT molecular complexity index is 1270. The van der Waals surface area contributed by atoms with Crippen molar-refractivity contribution in [2.75, 3.05) is 10.0 Å². The molecule has 0 radical (unpaired) electrons. The van der Waals surface area contributed by atoms with Gasteiger partial charge in [-0.3, -0.25) is 9.52 Å². The molecule has 0 aliphatic heterocycles. The molecule has 0 bridgehead atoms. The molecule has 4 N–H and O–H groups in total. The second-order valence-electron chi connectivity index (χ2n) is 6.16. The summed E-state index contributed by atoms with van der Waals surface area (Å²) in [6.07, 6.45) is 0. The van der Waals surface area contributed by atoms with Crippen LogP contribution in [0, 0.1) is 5.82 Å². The fourth-order valence-corrected chi connectivity index (χ4v) is 4.02. The lowest BCUT2D eigenvalue weighted by molar-refractivity contribution is 0.102. The van der Waals surface area contributed by atoms with E-state index in [2.05, 4.69) is 10.0 Å². The maximum atomic E-state index is 12.9. The third kappa shape index (κ3) is 5.20. The second-order valence-corrected chi connectivity index (χ2v) is 9.40. The normalized spacial score (nSPS) is 11.7. The summed E-state index contributed by atoms with van der Waals surface area (Å²) in [6, 6.07) is 15.3. The zero-order valence-electron chi connectivity index (χ0n) is 15.2. The fraction of sp³-hybridized carbons (Fsp3) is 0. The minimum atomic E-state index is -3.95. The van der Waals surface area contributed by atoms with Crippen LogP contribution in [-0.2, 0) is 20.0 Å². The first-order valence-electron chi connectivity index (χ1n) is 8.37. The maximum Gasteiger partial charge on any atom is 0.261 e. The zero-order chi connectivity index (χ0) is 21.9. The van der Waals surface area contributed by atoms with Crippen molar-refractivity contribution in [3.63, 3.8) is 0 Å². The van der Waals surface area contributed by atoms with Crippen LogP contribution in [0.5, 0.6) is 0 Å². The van der Waals surface area contributed by atoms with E-state index in [1.807, 2.05) is 0 Å². The van der Waals surface area contributed by atoms with Gasteiger partial charge in [0.05, 0.1) is 9.79 Å². The van der Waals surface area contributed by atoms with Crippen LogP contribution < -0.4 is 15.2 Å². The monoisotopic (exact) mass is 449 g/mol. The molecular formula is C19H16FN3O5S2. The van der Waals surface area contributed by atoms with E-state index in [9.17, 15) is 26.0 Å². The van der Waals surface area contributed by atoms with Gasteiger partial charge in [-0.25, -0.2) is 26.4 Å². The molecule has 0 aromatic heterocycles. The van der Waals surface area contributed by atoms with Crippen molar-refractivity contribution in [2.45, 2.75) is 9.79 Å². The number of nitrogens with one attached hydrogen (secondary N) is 2. The molecular weight excluding hydrogens is 433 g/mol. The predicted molar refractivity (Wildman–Crippen MR) is 109 cm³/mol. The SMILES string of the molecule is NS(=O)(=O)c1ccc(NS(=O)(=O)c2ccc(NC(=O)c3ccc(F)cc3)cc2)cc1. The Kier molecular flexibility index (Phi) is 5.87. The van der Waals surface area contributed by atoms with Gasteiger partial charge in [-0.2, -0.15) is 0 Å². The van der Waals surface area contributed by atoms with Gasteiger partial charge < -0.3 is 5.32 Å². The molecule has 0 saturated carbocycles. The fourth-order valence-electron chi connectivity index (χ4n) is 2.45. The Labute approximate surface area is 172 Å². The lowest BCUT2D eigenvalue weighted by Crippen LogP contribution is -2.15. The number of carbonyl (C=O) groups is 1. The van der Waals surface area contributed by atoms with Crippen molar-refractivity contribution in [1.29, 1.82) is 0 Å². The molecule has 0 saturated heterocycles. The first-order valence-corrected chi connectivity index (χ1v) is 11.4. The first kappa shape index (κ1) is 21.4. The molecule has 156 valence electrons. The number of rotatable bonds is 6. The van der Waals surface area contributed by atoms with E-state index in [1.165, 1.54) is 60.7 Å².